The largest absolute Gasteiger partial charge is 0.389 e. The summed E-state index contributed by atoms with van der Waals surface area (Å²) in [7, 11) is 0. The Kier molecular flexibility index (Phi) is 12.5. The number of rotatable bonds is 12. The summed E-state index contributed by atoms with van der Waals surface area (Å²) in [5.74, 6) is 0. The second-order valence-corrected chi connectivity index (χ2v) is 4.77. The average molecular weight is 226 g/mol. The quantitative estimate of drug-likeness (QED) is 0.373. The number of aliphatic hydroxyl groups excluding tert-OH is 1. The van der Waals surface area contributed by atoms with E-state index in [1.54, 1.807) is 6.08 Å². The van der Waals surface area contributed by atoms with Crippen molar-refractivity contribution in [1.82, 2.24) is 0 Å². The SMILES string of the molecule is C=C[C@H](O)CCCCCCCCCCCC. The van der Waals surface area contributed by atoms with Gasteiger partial charge in [0, 0.05) is 0 Å². The third-order valence-electron chi connectivity index (χ3n) is 3.13. The van der Waals surface area contributed by atoms with Gasteiger partial charge in [0.05, 0.1) is 6.10 Å². The summed E-state index contributed by atoms with van der Waals surface area (Å²) in [4.78, 5) is 0. The monoisotopic (exact) mass is 226 g/mol. The molecule has 0 heterocycles. The lowest BCUT2D eigenvalue weighted by Crippen LogP contribution is -2.00. The fourth-order valence-electron chi connectivity index (χ4n) is 1.96. The van der Waals surface area contributed by atoms with Crippen molar-refractivity contribution >= 4 is 0 Å². The Morgan fingerprint density at radius 1 is 0.875 bits per heavy atom. The van der Waals surface area contributed by atoms with E-state index in [1.807, 2.05) is 0 Å². The van der Waals surface area contributed by atoms with Crippen molar-refractivity contribution in [2.45, 2.75) is 83.7 Å². The molecule has 0 fully saturated rings. The van der Waals surface area contributed by atoms with Crippen LogP contribution in [0.1, 0.15) is 77.6 Å². The van der Waals surface area contributed by atoms with Gasteiger partial charge in [0.2, 0.25) is 0 Å². The van der Waals surface area contributed by atoms with Gasteiger partial charge in [-0.25, -0.2) is 0 Å². The number of unbranched alkanes of at least 4 members (excludes halogenated alkanes) is 9. The van der Waals surface area contributed by atoms with Gasteiger partial charge in [-0.15, -0.1) is 6.58 Å². The molecule has 96 valence electrons. The number of hydrogen-bond donors (Lipinski definition) is 1. The summed E-state index contributed by atoms with van der Waals surface area (Å²) in [6.45, 7) is 5.84. The summed E-state index contributed by atoms with van der Waals surface area (Å²) in [5, 5.41) is 9.26. The zero-order valence-corrected chi connectivity index (χ0v) is 11.1. The first-order valence-corrected chi connectivity index (χ1v) is 7.12. The fraction of sp³-hybridized carbons (Fsp3) is 0.867. The maximum absolute atomic E-state index is 9.26. The Labute approximate surface area is 102 Å². The highest BCUT2D eigenvalue weighted by Crippen LogP contribution is 2.11. The van der Waals surface area contributed by atoms with Crippen LogP contribution in [0, 0.1) is 0 Å². The van der Waals surface area contributed by atoms with E-state index in [0.29, 0.717) is 0 Å². The molecule has 16 heavy (non-hydrogen) atoms. The smallest absolute Gasteiger partial charge is 0.0718 e. The molecule has 0 aliphatic rings. The molecule has 0 rings (SSSR count). The van der Waals surface area contributed by atoms with Crippen molar-refractivity contribution in [2.24, 2.45) is 0 Å². The third kappa shape index (κ3) is 11.8. The van der Waals surface area contributed by atoms with Gasteiger partial charge in [-0.1, -0.05) is 77.2 Å². The van der Waals surface area contributed by atoms with Crippen LogP contribution in [0.5, 0.6) is 0 Å². The highest BCUT2D eigenvalue weighted by Gasteiger charge is 1.97. The van der Waals surface area contributed by atoms with E-state index in [1.165, 1.54) is 57.8 Å². The molecule has 1 nitrogen and oxygen atoms in total. The van der Waals surface area contributed by atoms with E-state index in [4.69, 9.17) is 0 Å². The summed E-state index contributed by atoms with van der Waals surface area (Å²) < 4.78 is 0. The van der Waals surface area contributed by atoms with Crippen LogP contribution in [0.25, 0.3) is 0 Å². The summed E-state index contributed by atoms with van der Waals surface area (Å²) in [6.07, 6.45) is 15.7. The lowest BCUT2D eigenvalue weighted by Gasteiger charge is -2.04. The van der Waals surface area contributed by atoms with Crippen LogP contribution in [0.3, 0.4) is 0 Å². The highest BCUT2D eigenvalue weighted by molar-refractivity contribution is 4.77. The molecular formula is C15H30O. The molecule has 0 aromatic heterocycles. The molecule has 0 aliphatic heterocycles. The average Bonchev–Trinajstić information content (AvgIpc) is 2.31. The van der Waals surface area contributed by atoms with Crippen LogP contribution in [0.15, 0.2) is 12.7 Å². The van der Waals surface area contributed by atoms with E-state index >= 15 is 0 Å². The Balaban J connectivity index is 2.96. The Morgan fingerprint density at radius 2 is 1.31 bits per heavy atom. The minimum Gasteiger partial charge on any atom is -0.389 e. The molecule has 0 radical (unpaired) electrons. The number of hydrogen-bond acceptors (Lipinski definition) is 1. The molecule has 0 spiro atoms. The predicted octanol–water partition coefficient (Wildman–Crippen LogP) is 4.84. The highest BCUT2D eigenvalue weighted by atomic mass is 16.3. The molecule has 0 amide bonds. The van der Waals surface area contributed by atoms with Crippen molar-refractivity contribution in [1.29, 1.82) is 0 Å². The van der Waals surface area contributed by atoms with E-state index in [-0.39, 0.29) is 6.10 Å². The topological polar surface area (TPSA) is 20.2 Å². The van der Waals surface area contributed by atoms with Crippen molar-refractivity contribution in [3.05, 3.63) is 12.7 Å². The first kappa shape index (κ1) is 15.7. The van der Waals surface area contributed by atoms with Crippen LogP contribution in [0.4, 0.5) is 0 Å². The molecule has 0 aliphatic carbocycles. The second kappa shape index (κ2) is 12.8. The molecule has 0 aromatic carbocycles. The molecule has 0 saturated heterocycles. The minimum atomic E-state index is -0.283. The van der Waals surface area contributed by atoms with Crippen LogP contribution in [-0.4, -0.2) is 11.2 Å². The van der Waals surface area contributed by atoms with Crippen molar-refractivity contribution < 1.29 is 5.11 Å². The molecule has 1 heteroatoms. The first-order valence-electron chi connectivity index (χ1n) is 7.12. The van der Waals surface area contributed by atoms with Gasteiger partial charge in [-0.3, -0.25) is 0 Å². The van der Waals surface area contributed by atoms with Gasteiger partial charge in [-0.05, 0) is 6.42 Å². The van der Waals surface area contributed by atoms with Gasteiger partial charge in [0.25, 0.3) is 0 Å². The van der Waals surface area contributed by atoms with E-state index in [0.717, 1.165) is 12.8 Å². The zero-order valence-electron chi connectivity index (χ0n) is 11.1. The molecule has 1 atom stereocenters. The van der Waals surface area contributed by atoms with Crippen LogP contribution in [0.2, 0.25) is 0 Å². The summed E-state index contributed by atoms with van der Waals surface area (Å²) >= 11 is 0. The maximum atomic E-state index is 9.26. The predicted molar refractivity (Wildman–Crippen MR) is 72.7 cm³/mol. The van der Waals surface area contributed by atoms with Crippen LogP contribution < -0.4 is 0 Å². The normalized spacial score (nSPS) is 12.6. The Bertz CT molecular complexity index is 142. The van der Waals surface area contributed by atoms with E-state index in [2.05, 4.69) is 13.5 Å². The standard InChI is InChI=1S/C15H30O/c1-3-5-6-7-8-9-10-11-12-13-14-15(16)4-2/h4,15-16H,2-3,5-14H2,1H3/t15-/m0/s1. The molecular weight excluding hydrogens is 196 g/mol. The van der Waals surface area contributed by atoms with Crippen molar-refractivity contribution in [3.8, 4) is 0 Å². The Morgan fingerprint density at radius 3 is 1.75 bits per heavy atom. The molecule has 0 bridgehead atoms. The zero-order chi connectivity index (χ0) is 12.1. The lowest BCUT2D eigenvalue weighted by molar-refractivity contribution is 0.208. The minimum absolute atomic E-state index is 0.283. The fourth-order valence-corrected chi connectivity index (χ4v) is 1.96. The molecule has 0 saturated carbocycles. The van der Waals surface area contributed by atoms with Gasteiger partial charge in [0.15, 0.2) is 0 Å². The third-order valence-corrected chi connectivity index (χ3v) is 3.13. The van der Waals surface area contributed by atoms with E-state index in [9.17, 15) is 5.11 Å². The van der Waals surface area contributed by atoms with Crippen LogP contribution in [-0.2, 0) is 0 Å². The summed E-state index contributed by atoms with van der Waals surface area (Å²) in [6, 6.07) is 0. The molecule has 0 aromatic rings. The van der Waals surface area contributed by atoms with Crippen molar-refractivity contribution in [2.75, 3.05) is 0 Å². The van der Waals surface area contributed by atoms with Crippen LogP contribution >= 0.6 is 0 Å². The first-order chi connectivity index (χ1) is 7.81. The Hall–Kier alpha value is -0.300. The van der Waals surface area contributed by atoms with E-state index < -0.39 is 0 Å². The number of aliphatic hydroxyl groups is 1. The van der Waals surface area contributed by atoms with Gasteiger partial charge < -0.3 is 5.11 Å². The summed E-state index contributed by atoms with van der Waals surface area (Å²) in [5.41, 5.74) is 0. The van der Waals surface area contributed by atoms with Gasteiger partial charge in [-0.2, -0.15) is 0 Å². The lowest BCUT2D eigenvalue weighted by atomic mass is 10.0. The maximum Gasteiger partial charge on any atom is 0.0718 e. The molecule has 1 N–H and O–H groups in total. The molecule has 0 unspecified atom stereocenters. The van der Waals surface area contributed by atoms with Gasteiger partial charge in [0.1, 0.15) is 0 Å². The van der Waals surface area contributed by atoms with Gasteiger partial charge >= 0.3 is 0 Å². The van der Waals surface area contributed by atoms with Crippen molar-refractivity contribution in [3.63, 3.8) is 0 Å². The second-order valence-electron chi connectivity index (χ2n) is 4.77.